The van der Waals surface area contributed by atoms with Gasteiger partial charge in [0.1, 0.15) is 11.4 Å². The molecule has 0 radical (unpaired) electrons. The first-order chi connectivity index (χ1) is 16.3. The van der Waals surface area contributed by atoms with Crippen molar-refractivity contribution in [3.63, 3.8) is 0 Å². The fourth-order valence-corrected chi connectivity index (χ4v) is 4.47. The van der Waals surface area contributed by atoms with Crippen LogP contribution in [-0.4, -0.2) is 16.6 Å². The zero-order chi connectivity index (χ0) is 22.9. The molecule has 5 nitrogen and oxygen atoms in total. The minimum atomic E-state index is 0.472. The second-order valence-corrected chi connectivity index (χ2v) is 8.59. The van der Waals surface area contributed by atoms with Crippen molar-refractivity contribution in [1.82, 2.24) is 9.97 Å². The van der Waals surface area contributed by atoms with Gasteiger partial charge >= 0.3 is 0 Å². The van der Waals surface area contributed by atoms with Crippen molar-refractivity contribution in [2.45, 2.75) is 39.7 Å². The third-order valence-corrected chi connectivity index (χ3v) is 6.23. The first-order valence-electron chi connectivity index (χ1n) is 11.4. The number of aromatic nitrogens is 2. The van der Waals surface area contributed by atoms with E-state index in [2.05, 4.69) is 41.5 Å². The normalized spacial score (nSPS) is 10.8. The second kappa shape index (κ2) is 11.6. The van der Waals surface area contributed by atoms with E-state index in [9.17, 15) is 0 Å². The third kappa shape index (κ3) is 5.97. The van der Waals surface area contributed by atoms with Crippen LogP contribution in [0, 0.1) is 0 Å². The largest absolute Gasteiger partial charge is 0.437 e. The Kier molecular flexibility index (Phi) is 8.06. The highest BCUT2D eigenvalue weighted by Crippen LogP contribution is 2.37. The fraction of sp³-hybridized carbons (Fsp3) is 0.259. The lowest BCUT2D eigenvalue weighted by Crippen LogP contribution is -1.99. The Labute approximate surface area is 199 Å². The molecule has 2 aromatic carbocycles. The molecular formula is C27H29N3O2S. The molecule has 0 aliphatic carbocycles. The van der Waals surface area contributed by atoms with E-state index in [1.165, 1.54) is 5.56 Å². The van der Waals surface area contributed by atoms with Crippen LogP contribution in [0.4, 0.5) is 10.8 Å². The van der Waals surface area contributed by atoms with Crippen LogP contribution < -0.4 is 10.1 Å². The van der Waals surface area contributed by atoms with Gasteiger partial charge in [-0.1, -0.05) is 73.2 Å². The minimum absolute atomic E-state index is 0.472. The summed E-state index contributed by atoms with van der Waals surface area (Å²) in [5, 5.41) is 4.21. The number of unbranched alkanes of at least 4 members (excludes halogenated alkanes) is 1. The maximum absolute atomic E-state index is 6.28. The molecular weight excluding hydrogens is 430 g/mol. The summed E-state index contributed by atoms with van der Waals surface area (Å²) >= 11 is 1.60. The van der Waals surface area contributed by atoms with E-state index in [1.807, 2.05) is 49.4 Å². The van der Waals surface area contributed by atoms with Crippen LogP contribution in [0.25, 0.3) is 10.4 Å². The van der Waals surface area contributed by atoms with Crippen LogP contribution in [0.2, 0.25) is 0 Å². The average Bonchev–Trinajstić information content (AvgIpc) is 3.26. The Hall–Kier alpha value is -3.22. The smallest absolute Gasteiger partial charge is 0.243 e. The van der Waals surface area contributed by atoms with Crippen molar-refractivity contribution in [3.8, 4) is 22.1 Å². The van der Waals surface area contributed by atoms with Gasteiger partial charge in [0.25, 0.3) is 0 Å². The number of thiazole rings is 1. The van der Waals surface area contributed by atoms with Gasteiger partial charge in [0.05, 0.1) is 17.2 Å². The molecule has 1 N–H and O–H groups in total. The van der Waals surface area contributed by atoms with Gasteiger partial charge in [-0.25, -0.2) is 9.97 Å². The Morgan fingerprint density at radius 2 is 1.76 bits per heavy atom. The summed E-state index contributed by atoms with van der Waals surface area (Å²) < 4.78 is 11.9. The van der Waals surface area contributed by atoms with Crippen LogP contribution in [0.15, 0.2) is 72.9 Å². The molecule has 170 valence electrons. The van der Waals surface area contributed by atoms with Crippen molar-refractivity contribution in [2.75, 3.05) is 11.9 Å². The Morgan fingerprint density at radius 1 is 0.939 bits per heavy atom. The predicted molar refractivity (Wildman–Crippen MR) is 136 cm³/mol. The molecule has 0 bridgehead atoms. The lowest BCUT2D eigenvalue weighted by molar-refractivity contribution is 0.132. The molecule has 0 aliphatic rings. The number of benzene rings is 2. The summed E-state index contributed by atoms with van der Waals surface area (Å²) in [6, 6.07) is 22.3. The first-order valence-corrected chi connectivity index (χ1v) is 12.2. The molecule has 4 rings (SSSR count). The molecule has 4 aromatic rings. The van der Waals surface area contributed by atoms with Crippen molar-refractivity contribution in [2.24, 2.45) is 0 Å². The SMILES string of the molecule is CCCCc1ccccc1Oc1ncccc1Nc1nc(COCC)c(-c2ccccc2)s1. The average molecular weight is 460 g/mol. The third-order valence-electron chi connectivity index (χ3n) is 5.17. The van der Waals surface area contributed by atoms with Crippen molar-refractivity contribution < 1.29 is 9.47 Å². The molecule has 0 atom stereocenters. The summed E-state index contributed by atoms with van der Waals surface area (Å²) in [5.41, 5.74) is 4.02. The van der Waals surface area contributed by atoms with E-state index in [0.717, 1.165) is 52.0 Å². The van der Waals surface area contributed by atoms with Gasteiger partial charge in [0, 0.05) is 12.8 Å². The lowest BCUT2D eigenvalue weighted by atomic mass is 10.1. The Morgan fingerprint density at radius 3 is 2.58 bits per heavy atom. The maximum Gasteiger partial charge on any atom is 0.243 e. The molecule has 6 heteroatoms. The van der Waals surface area contributed by atoms with E-state index in [1.54, 1.807) is 17.5 Å². The number of aryl methyl sites for hydroxylation is 1. The molecule has 33 heavy (non-hydrogen) atoms. The molecule has 0 amide bonds. The minimum Gasteiger partial charge on any atom is -0.437 e. The van der Waals surface area contributed by atoms with E-state index in [-0.39, 0.29) is 0 Å². The van der Waals surface area contributed by atoms with E-state index >= 15 is 0 Å². The molecule has 0 fully saturated rings. The standard InChI is InChI=1S/C27H29N3O2S/c1-3-5-12-20-13-9-10-17-24(20)32-26-22(16-11-18-28-26)29-27-30-23(19-31-4-2)25(33-27)21-14-7-6-8-15-21/h6-11,13-18H,3-5,12,19H2,1-2H3,(H,29,30). The summed E-state index contributed by atoms with van der Waals surface area (Å²) in [4.78, 5) is 10.4. The lowest BCUT2D eigenvalue weighted by Gasteiger charge is -2.13. The van der Waals surface area contributed by atoms with Crippen molar-refractivity contribution >= 4 is 22.2 Å². The molecule has 2 heterocycles. The topological polar surface area (TPSA) is 56.3 Å². The highest BCUT2D eigenvalue weighted by atomic mass is 32.1. The number of rotatable bonds is 11. The van der Waals surface area contributed by atoms with Gasteiger partial charge in [0.2, 0.25) is 5.88 Å². The van der Waals surface area contributed by atoms with Crippen LogP contribution in [0.3, 0.4) is 0 Å². The predicted octanol–water partition coefficient (Wildman–Crippen LogP) is 7.62. The fourth-order valence-electron chi connectivity index (χ4n) is 3.48. The maximum atomic E-state index is 6.28. The number of para-hydroxylation sites is 1. The number of nitrogens with one attached hydrogen (secondary N) is 1. The molecule has 2 aromatic heterocycles. The monoisotopic (exact) mass is 459 g/mol. The second-order valence-electron chi connectivity index (χ2n) is 7.59. The van der Waals surface area contributed by atoms with Crippen LogP contribution >= 0.6 is 11.3 Å². The number of anilines is 2. The number of ether oxygens (including phenoxy) is 2. The Bertz CT molecular complexity index is 1160. The quantitative estimate of drug-likeness (QED) is 0.250. The summed E-state index contributed by atoms with van der Waals surface area (Å²) in [5.74, 6) is 1.37. The summed E-state index contributed by atoms with van der Waals surface area (Å²) in [6.07, 6.45) is 4.99. The van der Waals surface area contributed by atoms with Gasteiger partial charge in [-0.3, -0.25) is 0 Å². The highest BCUT2D eigenvalue weighted by Gasteiger charge is 2.16. The molecule has 0 aliphatic heterocycles. The number of hydrogen-bond acceptors (Lipinski definition) is 6. The van der Waals surface area contributed by atoms with E-state index in [0.29, 0.717) is 19.1 Å². The molecule has 0 saturated heterocycles. The zero-order valence-electron chi connectivity index (χ0n) is 19.1. The number of hydrogen-bond donors (Lipinski definition) is 1. The summed E-state index contributed by atoms with van der Waals surface area (Å²) in [7, 11) is 0. The number of nitrogens with zero attached hydrogens (tertiary/aromatic N) is 2. The first kappa shape index (κ1) is 23.0. The van der Waals surface area contributed by atoms with E-state index < -0.39 is 0 Å². The van der Waals surface area contributed by atoms with E-state index in [4.69, 9.17) is 14.5 Å². The molecule has 0 saturated carbocycles. The molecule has 0 unspecified atom stereocenters. The molecule has 0 spiro atoms. The number of pyridine rings is 1. The van der Waals surface area contributed by atoms with Gasteiger partial charge < -0.3 is 14.8 Å². The van der Waals surface area contributed by atoms with Gasteiger partial charge in [-0.15, -0.1) is 0 Å². The zero-order valence-corrected chi connectivity index (χ0v) is 19.9. The van der Waals surface area contributed by atoms with Gasteiger partial charge in [-0.05, 0) is 49.1 Å². The van der Waals surface area contributed by atoms with Crippen LogP contribution in [0.5, 0.6) is 11.6 Å². The van der Waals surface area contributed by atoms with Gasteiger partial charge in [0.15, 0.2) is 5.13 Å². The van der Waals surface area contributed by atoms with Crippen molar-refractivity contribution in [3.05, 3.63) is 84.2 Å². The summed E-state index contributed by atoms with van der Waals surface area (Å²) in [6.45, 7) is 5.31. The van der Waals surface area contributed by atoms with Crippen LogP contribution in [-0.2, 0) is 17.8 Å². The Balaban J connectivity index is 1.60. The highest BCUT2D eigenvalue weighted by molar-refractivity contribution is 7.19. The van der Waals surface area contributed by atoms with Crippen LogP contribution in [0.1, 0.15) is 37.9 Å². The van der Waals surface area contributed by atoms with Crippen molar-refractivity contribution in [1.29, 1.82) is 0 Å². The van der Waals surface area contributed by atoms with Gasteiger partial charge in [-0.2, -0.15) is 0 Å².